The molecule has 90 valence electrons. The Morgan fingerprint density at radius 1 is 1.35 bits per heavy atom. The summed E-state index contributed by atoms with van der Waals surface area (Å²) in [5, 5.41) is 17.9. The molecule has 0 bridgehead atoms. The highest BCUT2D eigenvalue weighted by Crippen LogP contribution is 2.36. The van der Waals surface area contributed by atoms with Gasteiger partial charge in [-0.2, -0.15) is 10.5 Å². The zero-order valence-electron chi connectivity index (χ0n) is 9.60. The Bertz CT molecular complexity index is 394. The van der Waals surface area contributed by atoms with Crippen LogP contribution in [0.3, 0.4) is 0 Å². The maximum absolute atomic E-state index is 11.9. The van der Waals surface area contributed by atoms with Gasteiger partial charge in [0.2, 0.25) is 0 Å². The maximum Gasteiger partial charge on any atom is 0.274 e. The topological polar surface area (TPSA) is 67.9 Å². The summed E-state index contributed by atoms with van der Waals surface area (Å²) in [6, 6.07) is 3.52. The molecule has 1 aliphatic rings. The minimum Gasteiger partial charge on any atom is -0.295 e. The van der Waals surface area contributed by atoms with Crippen molar-refractivity contribution in [1.82, 2.24) is 4.90 Å². The Morgan fingerprint density at radius 2 is 2.00 bits per heavy atom. The van der Waals surface area contributed by atoms with E-state index in [-0.39, 0.29) is 0 Å². The molecule has 1 fully saturated rings. The quantitative estimate of drug-likeness (QED) is 0.564. The first kappa shape index (κ1) is 14.0. The van der Waals surface area contributed by atoms with Crippen molar-refractivity contribution in [2.45, 2.75) is 37.4 Å². The summed E-state index contributed by atoms with van der Waals surface area (Å²) in [4.78, 5) is 13.3. The van der Waals surface area contributed by atoms with Crippen molar-refractivity contribution in [2.24, 2.45) is 0 Å². The highest BCUT2D eigenvalue weighted by molar-refractivity contribution is 8.25. The van der Waals surface area contributed by atoms with Crippen LogP contribution < -0.4 is 0 Å². The third-order valence-electron chi connectivity index (χ3n) is 2.56. The van der Waals surface area contributed by atoms with E-state index in [9.17, 15) is 4.79 Å². The van der Waals surface area contributed by atoms with Gasteiger partial charge in [0.05, 0.1) is 0 Å². The van der Waals surface area contributed by atoms with Crippen LogP contribution in [0, 0.1) is 22.7 Å². The van der Waals surface area contributed by atoms with E-state index in [1.54, 1.807) is 12.1 Å². The molecular weight excluding hydrogens is 254 g/mol. The lowest BCUT2D eigenvalue weighted by atomic mass is 10.1. The molecule has 0 saturated carbocycles. The summed E-state index contributed by atoms with van der Waals surface area (Å²) in [7, 11) is 0. The Balaban J connectivity index is 2.65. The van der Waals surface area contributed by atoms with Gasteiger partial charge < -0.3 is 0 Å². The average molecular weight is 267 g/mol. The summed E-state index contributed by atoms with van der Waals surface area (Å²) >= 11 is 5.92. The van der Waals surface area contributed by atoms with E-state index in [4.69, 9.17) is 22.7 Å². The predicted molar refractivity (Wildman–Crippen MR) is 70.0 cm³/mol. The van der Waals surface area contributed by atoms with Gasteiger partial charge >= 0.3 is 0 Å². The molecule has 0 aliphatic carbocycles. The van der Waals surface area contributed by atoms with Crippen LogP contribution in [-0.4, -0.2) is 26.4 Å². The molecule has 0 aromatic rings. The summed E-state index contributed by atoms with van der Waals surface area (Å²) in [5.74, 6) is -0.478. The Kier molecular flexibility index (Phi) is 4.92. The van der Waals surface area contributed by atoms with Crippen LogP contribution in [0.5, 0.6) is 0 Å². The van der Waals surface area contributed by atoms with E-state index in [1.165, 1.54) is 4.90 Å². The van der Waals surface area contributed by atoms with Crippen molar-refractivity contribution in [1.29, 1.82) is 10.5 Å². The predicted octanol–water partition coefficient (Wildman–Crippen LogP) is 2.21. The van der Waals surface area contributed by atoms with Gasteiger partial charge in [0.1, 0.15) is 16.5 Å². The lowest BCUT2D eigenvalue weighted by molar-refractivity contribution is -0.126. The molecule has 0 radical (unpaired) electrons. The average Bonchev–Trinajstić information content (AvgIpc) is 2.58. The highest BCUT2D eigenvalue weighted by atomic mass is 32.2. The Labute approximate surface area is 111 Å². The number of hydrogen-bond acceptors (Lipinski definition) is 5. The van der Waals surface area contributed by atoms with Crippen LogP contribution in [-0.2, 0) is 4.79 Å². The first-order valence-corrected chi connectivity index (χ1v) is 6.71. The minimum atomic E-state index is -1.65. The van der Waals surface area contributed by atoms with Crippen LogP contribution in [0.1, 0.15) is 32.6 Å². The van der Waals surface area contributed by atoms with E-state index in [1.807, 2.05) is 0 Å². The summed E-state index contributed by atoms with van der Waals surface area (Å²) in [6.07, 6.45) is 4.12. The fraction of sp³-hybridized carbons (Fsp3) is 0.636. The van der Waals surface area contributed by atoms with Gasteiger partial charge in [-0.3, -0.25) is 9.69 Å². The molecule has 1 aliphatic heterocycles. The summed E-state index contributed by atoms with van der Waals surface area (Å²) in [6.45, 7) is 2.62. The second-order valence-electron chi connectivity index (χ2n) is 3.79. The molecule has 17 heavy (non-hydrogen) atoms. The number of carbonyl (C=O) groups excluding carboxylic acids is 1. The van der Waals surface area contributed by atoms with Crippen molar-refractivity contribution >= 4 is 34.2 Å². The van der Waals surface area contributed by atoms with Gasteiger partial charge in [0.15, 0.2) is 0 Å². The molecule has 0 aromatic heterocycles. The zero-order valence-corrected chi connectivity index (χ0v) is 11.2. The van der Waals surface area contributed by atoms with Crippen molar-refractivity contribution in [2.75, 3.05) is 6.54 Å². The number of nitriles is 2. The van der Waals surface area contributed by atoms with E-state index < -0.39 is 10.7 Å². The summed E-state index contributed by atoms with van der Waals surface area (Å²) < 4.78 is -1.31. The van der Waals surface area contributed by atoms with Crippen LogP contribution in [0.4, 0.5) is 0 Å². The lowest BCUT2D eigenvalue weighted by Crippen LogP contribution is -2.38. The third kappa shape index (κ3) is 2.77. The van der Waals surface area contributed by atoms with Crippen molar-refractivity contribution < 1.29 is 4.79 Å². The first-order chi connectivity index (χ1) is 8.11. The number of carbonyl (C=O) groups is 1. The molecular formula is C11H13N3OS2. The van der Waals surface area contributed by atoms with Gasteiger partial charge in [0, 0.05) is 6.54 Å². The summed E-state index contributed by atoms with van der Waals surface area (Å²) in [5.41, 5.74) is 0. The molecule has 0 aromatic carbocycles. The molecule has 1 rings (SSSR count). The van der Waals surface area contributed by atoms with E-state index >= 15 is 0 Å². The molecule has 6 heteroatoms. The highest BCUT2D eigenvalue weighted by Gasteiger charge is 2.52. The maximum atomic E-state index is 11.9. The van der Waals surface area contributed by atoms with Crippen molar-refractivity contribution in [3.8, 4) is 12.1 Å². The number of thiocarbonyl (C=S) groups is 1. The Hall–Kier alpha value is -1.11. The van der Waals surface area contributed by atoms with Crippen LogP contribution in [0.2, 0.25) is 0 Å². The van der Waals surface area contributed by atoms with Crippen molar-refractivity contribution in [3.05, 3.63) is 0 Å². The molecule has 0 unspecified atom stereocenters. The molecule has 1 heterocycles. The van der Waals surface area contributed by atoms with Crippen LogP contribution in [0.15, 0.2) is 0 Å². The number of hydrogen-bond donors (Lipinski definition) is 0. The number of amides is 1. The number of thioether (sulfide) groups is 1. The van der Waals surface area contributed by atoms with Crippen LogP contribution in [0.25, 0.3) is 0 Å². The second kappa shape index (κ2) is 6.00. The first-order valence-electron chi connectivity index (χ1n) is 5.48. The molecule has 0 N–H and O–H groups in total. The monoisotopic (exact) mass is 267 g/mol. The van der Waals surface area contributed by atoms with Gasteiger partial charge in [-0.1, -0.05) is 38.4 Å². The fourth-order valence-electron chi connectivity index (χ4n) is 1.56. The fourth-order valence-corrected chi connectivity index (χ4v) is 2.94. The van der Waals surface area contributed by atoms with Gasteiger partial charge in [-0.15, -0.1) is 0 Å². The smallest absolute Gasteiger partial charge is 0.274 e. The van der Waals surface area contributed by atoms with Gasteiger partial charge in [-0.05, 0) is 18.2 Å². The number of unbranched alkanes of at least 4 members (excludes halogenated alkanes) is 3. The van der Waals surface area contributed by atoms with E-state index in [0.29, 0.717) is 10.9 Å². The van der Waals surface area contributed by atoms with Crippen LogP contribution >= 0.6 is 24.0 Å². The largest absolute Gasteiger partial charge is 0.295 e. The molecule has 4 nitrogen and oxygen atoms in total. The third-order valence-corrected chi connectivity index (χ3v) is 4.09. The Morgan fingerprint density at radius 3 is 2.47 bits per heavy atom. The lowest BCUT2D eigenvalue weighted by Gasteiger charge is -2.15. The van der Waals surface area contributed by atoms with Crippen molar-refractivity contribution in [3.63, 3.8) is 0 Å². The minimum absolute atomic E-state index is 0.342. The molecule has 1 amide bonds. The number of rotatable bonds is 5. The number of nitrogens with zero attached hydrogens (tertiary/aromatic N) is 3. The second-order valence-corrected chi connectivity index (χ2v) is 5.64. The standard InChI is InChI=1S/C11H13N3OS2/c1-2-3-4-5-6-14-9(15)11(7-12,8-13)17-10(14)16/h2-6H2,1H3. The molecule has 0 atom stereocenters. The molecule has 1 saturated heterocycles. The zero-order chi connectivity index (χ0) is 12.9. The van der Waals surface area contributed by atoms with E-state index in [2.05, 4.69) is 6.92 Å². The van der Waals surface area contributed by atoms with E-state index in [0.717, 1.165) is 37.4 Å². The molecule has 0 spiro atoms. The SMILES string of the molecule is CCCCCCN1C(=O)C(C#N)(C#N)SC1=S. The van der Waals surface area contributed by atoms with Gasteiger partial charge in [0.25, 0.3) is 10.7 Å². The van der Waals surface area contributed by atoms with Gasteiger partial charge in [-0.25, -0.2) is 0 Å². The normalized spacial score (nSPS) is 17.9.